The molecule has 0 radical (unpaired) electrons. The molecule has 5 nitrogen and oxygen atoms in total. The Morgan fingerprint density at radius 2 is 2.28 bits per heavy atom. The van der Waals surface area contributed by atoms with E-state index in [2.05, 4.69) is 9.99 Å². The van der Waals surface area contributed by atoms with E-state index < -0.39 is 12.6 Å². The third-order valence-corrected chi connectivity index (χ3v) is 2.14. The number of hydrogen-bond acceptors (Lipinski definition) is 5. The van der Waals surface area contributed by atoms with Gasteiger partial charge in [-0.15, -0.1) is 0 Å². The lowest BCUT2D eigenvalue weighted by molar-refractivity contribution is -0.138. The van der Waals surface area contributed by atoms with E-state index in [1.165, 1.54) is 13.2 Å². The number of nitrogens with zero attached hydrogens (tertiary/aromatic N) is 1. The molecule has 6 heteroatoms. The molecule has 0 unspecified atom stereocenters. The lowest BCUT2D eigenvalue weighted by atomic mass is 10.0. The predicted molar refractivity (Wildman–Crippen MR) is 63.8 cm³/mol. The first-order valence-electron chi connectivity index (χ1n) is 5.60. The van der Waals surface area contributed by atoms with E-state index in [0.29, 0.717) is 17.0 Å². The Bertz CT molecular complexity index is 388. The fraction of sp³-hybridized carbons (Fsp3) is 0.500. The van der Waals surface area contributed by atoms with Crippen LogP contribution in [0, 0.1) is 0 Å². The van der Waals surface area contributed by atoms with Crippen LogP contribution in [0.15, 0.2) is 28.6 Å². The number of rotatable bonds is 6. The maximum absolute atomic E-state index is 12.1. The van der Waals surface area contributed by atoms with Crippen LogP contribution in [-0.4, -0.2) is 38.7 Å². The maximum Gasteiger partial charge on any atom is 0.341 e. The van der Waals surface area contributed by atoms with Gasteiger partial charge in [0.25, 0.3) is 0 Å². The minimum absolute atomic E-state index is 0.105. The molecule has 18 heavy (non-hydrogen) atoms. The Kier molecular flexibility index (Phi) is 5.90. The van der Waals surface area contributed by atoms with Gasteiger partial charge >= 0.3 is 5.97 Å². The van der Waals surface area contributed by atoms with Crippen molar-refractivity contribution in [2.75, 3.05) is 27.0 Å². The Labute approximate surface area is 105 Å². The zero-order chi connectivity index (χ0) is 13.4. The number of alkyl halides is 1. The average molecular weight is 257 g/mol. The summed E-state index contributed by atoms with van der Waals surface area (Å²) in [6, 6.07) is 0. The number of carbonyl (C=O) groups is 1. The molecule has 0 atom stereocenters. The van der Waals surface area contributed by atoms with Gasteiger partial charge in [-0.05, 0) is 19.1 Å². The second-order valence-electron chi connectivity index (χ2n) is 3.37. The fourth-order valence-corrected chi connectivity index (χ4v) is 1.45. The summed E-state index contributed by atoms with van der Waals surface area (Å²) in [6.45, 7) is 1.25. The van der Waals surface area contributed by atoms with Crippen LogP contribution < -0.4 is 0 Å². The van der Waals surface area contributed by atoms with Crippen LogP contribution in [-0.2, 0) is 19.1 Å². The highest BCUT2D eigenvalue weighted by atomic mass is 19.1. The van der Waals surface area contributed by atoms with Gasteiger partial charge in [-0.25, -0.2) is 9.18 Å². The quantitative estimate of drug-likeness (QED) is 0.537. The molecular formula is C12H16FNO4. The SMILES string of the molecule is CCOC(=O)C1=C(OCCF)CC(=NOC)C=C1. The first-order valence-corrected chi connectivity index (χ1v) is 5.60. The molecule has 0 amide bonds. The predicted octanol–water partition coefficient (Wildman–Crippen LogP) is 1.75. The summed E-state index contributed by atoms with van der Waals surface area (Å²) in [6.07, 6.45) is 3.45. The number of ether oxygens (including phenoxy) is 2. The zero-order valence-corrected chi connectivity index (χ0v) is 10.4. The van der Waals surface area contributed by atoms with Crippen molar-refractivity contribution in [3.05, 3.63) is 23.5 Å². The Hall–Kier alpha value is -1.85. The topological polar surface area (TPSA) is 57.1 Å². The van der Waals surface area contributed by atoms with Crippen LogP contribution in [0.25, 0.3) is 0 Å². The van der Waals surface area contributed by atoms with Crippen molar-refractivity contribution in [1.82, 2.24) is 0 Å². The van der Waals surface area contributed by atoms with E-state index in [4.69, 9.17) is 9.47 Å². The Morgan fingerprint density at radius 3 is 2.89 bits per heavy atom. The molecule has 1 rings (SSSR count). The highest BCUT2D eigenvalue weighted by molar-refractivity contribution is 6.03. The third kappa shape index (κ3) is 3.87. The number of oxime groups is 1. The number of allylic oxidation sites excluding steroid dienone is 2. The molecule has 0 saturated carbocycles. The summed E-state index contributed by atoms with van der Waals surface area (Å²) in [5.74, 6) is -0.136. The summed E-state index contributed by atoms with van der Waals surface area (Å²) in [7, 11) is 1.42. The van der Waals surface area contributed by atoms with Gasteiger partial charge in [0.15, 0.2) is 0 Å². The van der Waals surface area contributed by atoms with Crippen molar-refractivity contribution in [3.63, 3.8) is 0 Å². The normalized spacial score (nSPS) is 16.9. The minimum Gasteiger partial charge on any atom is -0.494 e. The lowest BCUT2D eigenvalue weighted by Crippen LogP contribution is -2.16. The number of halogens is 1. The van der Waals surface area contributed by atoms with Crippen molar-refractivity contribution in [2.24, 2.45) is 5.16 Å². The van der Waals surface area contributed by atoms with Crippen LogP contribution in [0.2, 0.25) is 0 Å². The maximum atomic E-state index is 12.1. The van der Waals surface area contributed by atoms with Crippen LogP contribution in [0.3, 0.4) is 0 Å². The molecule has 0 aromatic rings. The molecule has 0 spiro atoms. The summed E-state index contributed by atoms with van der Waals surface area (Å²) in [5.41, 5.74) is 0.889. The Balaban J connectivity index is 2.88. The third-order valence-electron chi connectivity index (χ3n) is 2.14. The largest absolute Gasteiger partial charge is 0.494 e. The van der Waals surface area contributed by atoms with E-state index in [1.54, 1.807) is 13.0 Å². The van der Waals surface area contributed by atoms with Gasteiger partial charge in [0.1, 0.15) is 26.2 Å². The molecule has 0 N–H and O–H groups in total. The van der Waals surface area contributed by atoms with Gasteiger partial charge in [-0.2, -0.15) is 0 Å². The van der Waals surface area contributed by atoms with E-state index in [-0.39, 0.29) is 19.6 Å². The molecule has 1 aliphatic rings. The first kappa shape index (κ1) is 14.2. The average Bonchev–Trinajstić information content (AvgIpc) is 2.37. The zero-order valence-electron chi connectivity index (χ0n) is 10.4. The lowest BCUT2D eigenvalue weighted by Gasteiger charge is -2.16. The summed E-state index contributed by atoms with van der Waals surface area (Å²) < 4.78 is 22.2. The number of hydrogen-bond donors (Lipinski definition) is 0. The molecule has 0 saturated heterocycles. The molecule has 0 aromatic carbocycles. The van der Waals surface area contributed by atoms with Gasteiger partial charge in [-0.1, -0.05) is 5.16 Å². The second-order valence-corrected chi connectivity index (χ2v) is 3.37. The summed E-state index contributed by atoms with van der Waals surface area (Å²) in [5, 5.41) is 3.75. The number of esters is 1. The summed E-state index contributed by atoms with van der Waals surface area (Å²) >= 11 is 0. The molecule has 0 aromatic heterocycles. The summed E-state index contributed by atoms with van der Waals surface area (Å²) in [4.78, 5) is 16.3. The van der Waals surface area contributed by atoms with Crippen molar-refractivity contribution >= 4 is 11.7 Å². The molecule has 0 heterocycles. The molecule has 1 aliphatic carbocycles. The van der Waals surface area contributed by atoms with Gasteiger partial charge in [0.2, 0.25) is 0 Å². The van der Waals surface area contributed by atoms with Crippen LogP contribution >= 0.6 is 0 Å². The molecule has 100 valence electrons. The monoisotopic (exact) mass is 257 g/mol. The highest BCUT2D eigenvalue weighted by Gasteiger charge is 2.21. The Morgan fingerprint density at radius 1 is 1.50 bits per heavy atom. The highest BCUT2D eigenvalue weighted by Crippen LogP contribution is 2.20. The van der Waals surface area contributed by atoms with Crippen molar-refractivity contribution in [3.8, 4) is 0 Å². The van der Waals surface area contributed by atoms with Crippen LogP contribution in [0.4, 0.5) is 4.39 Å². The fourth-order valence-electron chi connectivity index (χ4n) is 1.45. The molecule has 0 aliphatic heterocycles. The van der Waals surface area contributed by atoms with Crippen molar-refractivity contribution in [1.29, 1.82) is 0 Å². The molecule has 0 bridgehead atoms. The van der Waals surface area contributed by atoms with Gasteiger partial charge in [0, 0.05) is 0 Å². The molecular weight excluding hydrogens is 241 g/mol. The van der Waals surface area contributed by atoms with E-state index >= 15 is 0 Å². The van der Waals surface area contributed by atoms with Crippen molar-refractivity contribution < 1.29 is 23.5 Å². The minimum atomic E-state index is -0.625. The van der Waals surface area contributed by atoms with E-state index in [1.807, 2.05) is 0 Å². The second kappa shape index (κ2) is 7.47. The smallest absolute Gasteiger partial charge is 0.341 e. The van der Waals surface area contributed by atoms with Crippen molar-refractivity contribution in [2.45, 2.75) is 13.3 Å². The van der Waals surface area contributed by atoms with Gasteiger partial charge < -0.3 is 14.3 Å². The van der Waals surface area contributed by atoms with E-state index in [0.717, 1.165) is 0 Å². The van der Waals surface area contributed by atoms with Crippen LogP contribution in [0.5, 0.6) is 0 Å². The van der Waals surface area contributed by atoms with E-state index in [9.17, 15) is 9.18 Å². The standard InChI is InChI=1S/C12H16FNO4/c1-3-17-12(15)10-5-4-9(14-16-2)8-11(10)18-7-6-13/h4-5H,3,6-8H2,1-2H3. The van der Waals surface area contributed by atoms with Gasteiger partial charge in [-0.3, -0.25) is 0 Å². The van der Waals surface area contributed by atoms with Gasteiger partial charge in [0.05, 0.1) is 24.3 Å². The van der Waals surface area contributed by atoms with Crippen LogP contribution in [0.1, 0.15) is 13.3 Å². The molecule has 0 fully saturated rings. The first-order chi connectivity index (χ1) is 8.72. The number of carbonyl (C=O) groups excluding carboxylic acids is 1.